The fourth-order valence-electron chi connectivity index (χ4n) is 3.69. The van der Waals surface area contributed by atoms with Gasteiger partial charge in [-0.2, -0.15) is 0 Å². The Morgan fingerprint density at radius 2 is 1.28 bits per heavy atom. The molecule has 0 bridgehead atoms. The Hall–Kier alpha value is -1.47. The third-order valence-electron chi connectivity index (χ3n) is 5.39. The van der Waals surface area contributed by atoms with Gasteiger partial charge in [0.05, 0.1) is 21.1 Å². The number of carbonyl (C=O) groups is 3. The van der Waals surface area contributed by atoms with Crippen LogP contribution in [0.25, 0.3) is 0 Å². The number of hydrogen-bond acceptors (Lipinski definition) is 4. The van der Waals surface area contributed by atoms with Crippen LogP contribution in [0.15, 0.2) is 0 Å². The number of Topliss-reactive ketones (excluding diaryl/α,β-unsaturated/α-hetero) is 1. The van der Waals surface area contributed by atoms with Crippen molar-refractivity contribution in [3.05, 3.63) is 0 Å². The molecule has 1 unspecified atom stereocenters. The van der Waals surface area contributed by atoms with E-state index in [-0.39, 0.29) is 24.7 Å². The van der Waals surface area contributed by atoms with E-state index in [1.807, 2.05) is 0 Å². The number of nitrogens with zero attached hydrogens (tertiary/aromatic N) is 1. The number of ketones is 1. The first-order valence-electron chi connectivity index (χ1n) is 11.0. The van der Waals surface area contributed by atoms with E-state index in [9.17, 15) is 14.4 Å². The second-order valence-corrected chi connectivity index (χ2v) is 8.99. The lowest BCUT2D eigenvalue weighted by molar-refractivity contribution is -0.886. The SMILES string of the molecule is CC(=O)C(CCCCCCCCCCCN[C@H](CCC(=O)O)C(=O)O)[N+](C)(C)C. The van der Waals surface area contributed by atoms with Crippen LogP contribution in [0.3, 0.4) is 0 Å². The van der Waals surface area contributed by atoms with Crippen LogP contribution < -0.4 is 5.32 Å². The van der Waals surface area contributed by atoms with Gasteiger partial charge in [0.25, 0.3) is 0 Å². The number of carbonyl (C=O) groups excluding carboxylic acids is 1. The maximum Gasteiger partial charge on any atom is 0.320 e. The molecule has 0 radical (unpaired) electrons. The van der Waals surface area contributed by atoms with E-state index in [1.165, 1.54) is 32.1 Å². The Kier molecular flexibility index (Phi) is 14.6. The summed E-state index contributed by atoms with van der Waals surface area (Å²) >= 11 is 0. The van der Waals surface area contributed by atoms with Crippen molar-refractivity contribution in [1.82, 2.24) is 5.32 Å². The van der Waals surface area contributed by atoms with Crippen molar-refractivity contribution in [2.45, 2.75) is 96.1 Å². The summed E-state index contributed by atoms with van der Waals surface area (Å²) in [6.45, 7) is 2.31. The molecular weight excluding hydrogens is 372 g/mol. The predicted molar refractivity (Wildman–Crippen MR) is 115 cm³/mol. The van der Waals surface area contributed by atoms with E-state index >= 15 is 0 Å². The summed E-state index contributed by atoms with van der Waals surface area (Å²) in [6, 6.07) is -0.667. The van der Waals surface area contributed by atoms with Crippen molar-refractivity contribution in [3.63, 3.8) is 0 Å². The number of quaternary nitrogens is 1. The monoisotopic (exact) mass is 415 g/mol. The third-order valence-corrected chi connectivity index (χ3v) is 5.39. The van der Waals surface area contributed by atoms with Crippen molar-refractivity contribution in [2.75, 3.05) is 27.7 Å². The highest BCUT2D eigenvalue weighted by Crippen LogP contribution is 2.16. The van der Waals surface area contributed by atoms with Gasteiger partial charge < -0.3 is 20.0 Å². The van der Waals surface area contributed by atoms with Crippen molar-refractivity contribution in [1.29, 1.82) is 0 Å². The number of carboxylic acid groups (broad SMARTS) is 2. The molecule has 0 saturated carbocycles. The summed E-state index contributed by atoms with van der Waals surface area (Å²) in [7, 11) is 6.25. The largest absolute Gasteiger partial charge is 0.481 e. The first-order chi connectivity index (χ1) is 13.6. The van der Waals surface area contributed by atoms with E-state index in [4.69, 9.17) is 10.2 Å². The van der Waals surface area contributed by atoms with Gasteiger partial charge in [0, 0.05) is 19.8 Å². The smallest absolute Gasteiger partial charge is 0.320 e. The first-order valence-corrected chi connectivity index (χ1v) is 11.0. The van der Waals surface area contributed by atoms with E-state index < -0.39 is 18.0 Å². The van der Waals surface area contributed by atoms with E-state index in [0.717, 1.165) is 32.1 Å². The molecule has 170 valence electrons. The topological polar surface area (TPSA) is 104 Å². The van der Waals surface area contributed by atoms with Crippen LogP contribution in [0.4, 0.5) is 0 Å². The number of aliphatic carboxylic acids is 2. The molecule has 29 heavy (non-hydrogen) atoms. The highest BCUT2D eigenvalue weighted by atomic mass is 16.4. The van der Waals surface area contributed by atoms with Crippen molar-refractivity contribution >= 4 is 17.7 Å². The number of unbranched alkanes of at least 4 members (excludes halogenated alkanes) is 8. The predicted octanol–water partition coefficient (Wildman–Crippen LogP) is 3.46. The van der Waals surface area contributed by atoms with Crippen LogP contribution in [-0.2, 0) is 14.4 Å². The summed E-state index contributed by atoms with van der Waals surface area (Å²) in [6.07, 6.45) is 11.2. The average Bonchev–Trinajstić information content (AvgIpc) is 2.59. The Morgan fingerprint density at radius 1 is 0.793 bits per heavy atom. The molecule has 7 nitrogen and oxygen atoms in total. The molecule has 0 aromatic carbocycles. The zero-order chi connectivity index (χ0) is 22.3. The lowest BCUT2D eigenvalue weighted by Crippen LogP contribution is -2.49. The molecule has 0 aromatic rings. The molecule has 0 aliphatic rings. The lowest BCUT2D eigenvalue weighted by Gasteiger charge is -2.32. The minimum atomic E-state index is -0.984. The standard InChI is InChI=1S/C22H42N2O5/c1-18(25)20(24(2,3)4)14-12-10-8-6-5-7-9-11-13-17-23-19(22(28)29)15-16-21(26)27/h19-20,23H,5-17H2,1-4H3,(H-,26,27,28,29)/p+1/t19-,20?/m1/s1. The summed E-state index contributed by atoms with van der Waals surface area (Å²) in [4.78, 5) is 33.4. The third kappa shape index (κ3) is 15.1. The molecule has 0 aliphatic carbocycles. The number of nitrogens with one attached hydrogen (secondary N) is 1. The van der Waals surface area contributed by atoms with Crippen LogP contribution in [0.2, 0.25) is 0 Å². The van der Waals surface area contributed by atoms with E-state index in [1.54, 1.807) is 6.92 Å². The summed E-state index contributed by atoms with van der Waals surface area (Å²) in [5, 5.41) is 20.7. The molecule has 0 heterocycles. The Labute approximate surface area is 176 Å². The fraction of sp³-hybridized carbons (Fsp3) is 0.864. The van der Waals surface area contributed by atoms with Crippen LogP contribution >= 0.6 is 0 Å². The molecule has 0 aromatic heterocycles. The van der Waals surface area contributed by atoms with Crippen LogP contribution in [-0.4, -0.2) is 72.2 Å². The fourth-order valence-corrected chi connectivity index (χ4v) is 3.69. The minimum Gasteiger partial charge on any atom is -0.481 e. The van der Waals surface area contributed by atoms with E-state index in [2.05, 4.69) is 26.5 Å². The number of carboxylic acids is 2. The van der Waals surface area contributed by atoms with Gasteiger partial charge in [0.15, 0.2) is 5.78 Å². The lowest BCUT2D eigenvalue weighted by atomic mass is 10.0. The molecular formula is C22H43N2O5+. The van der Waals surface area contributed by atoms with Gasteiger partial charge in [0.1, 0.15) is 12.1 Å². The van der Waals surface area contributed by atoms with Gasteiger partial charge in [-0.25, -0.2) is 0 Å². The molecule has 0 amide bonds. The number of rotatable bonds is 19. The molecule has 2 atom stereocenters. The van der Waals surface area contributed by atoms with E-state index in [0.29, 0.717) is 11.0 Å². The van der Waals surface area contributed by atoms with Crippen molar-refractivity contribution in [2.24, 2.45) is 0 Å². The highest BCUT2D eigenvalue weighted by molar-refractivity contribution is 5.80. The number of hydrogen-bond donors (Lipinski definition) is 3. The van der Waals surface area contributed by atoms with Gasteiger partial charge in [-0.1, -0.05) is 44.9 Å². The van der Waals surface area contributed by atoms with Gasteiger partial charge in [-0.3, -0.25) is 14.4 Å². The zero-order valence-electron chi connectivity index (χ0n) is 18.9. The van der Waals surface area contributed by atoms with Gasteiger partial charge in [-0.15, -0.1) is 0 Å². The zero-order valence-corrected chi connectivity index (χ0v) is 18.9. The molecule has 0 aliphatic heterocycles. The first kappa shape index (κ1) is 27.5. The molecule has 0 rings (SSSR count). The van der Waals surface area contributed by atoms with Crippen LogP contribution in [0.5, 0.6) is 0 Å². The van der Waals surface area contributed by atoms with Crippen molar-refractivity contribution < 1.29 is 29.1 Å². The second kappa shape index (κ2) is 15.4. The van der Waals surface area contributed by atoms with Gasteiger partial charge >= 0.3 is 11.9 Å². The summed E-state index contributed by atoms with van der Waals surface area (Å²) in [5.74, 6) is -1.67. The second-order valence-electron chi connectivity index (χ2n) is 8.99. The number of likely N-dealkylation sites (N-methyl/N-ethyl adjacent to an activating group) is 1. The molecule has 0 saturated heterocycles. The van der Waals surface area contributed by atoms with Gasteiger partial charge in [-0.05, 0) is 25.8 Å². The van der Waals surface area contributed by atoms with Crippen LogP contribution in [0.1, 0.15) is 84.0 Å². The Balaban J connectivity index is 3.61. The molecule has 3 N–H and O–H groups in total. The van der Waals surface area contributed by atoms with Crippen molar-refractivity contribution in [3.8, 4) is 0 Å². The normalized spacial score (nSPS) is 13.8. The minimum absolute atomic E-state index is 0.105. The van der Waals surface area contributed by atoms with Crippen LogP contribution in [0, 0.1) is 0 Å². The Morgan fingerprint density at radius 3 is 1.69 bits per heavy atom. The maximum absolute atomic E-state index is 11.8. The van der Waals surface area contributed by atoms with Gasteiger partial charge in [0.2, 0.25) is 0 Å². The highest BCUT2D eigenvalue weighted by Gasteiger charge is 2.27. The quantitative estimate of drug-likeness (QED) is 0.220. The maximum atomic E-state index is 11.8. The average molecular weight is 416 g/mol. The molecule has 0 fully saturated rings. The molecule has 7 heteroatoms. The molecule has 0 spiro atoms. The summed E-state index contributed by atoms with van der Waals surface area (Å²) in [5.41, 5.74) is 0. The summed E-state index contributed by atoms with van der Waals surface area (Å²) < 4.78 is 0.705. The Bertz CT molecular complexity index is 488.